The predicted octanol–water partition coefficient (Wildman–Crippen LogP) is 3.46. The van der Waals surface area contributed by atoms with Crippen LogP contribution in [0.15, 0.2) is 83.8 Å². The topological polar surface area (TPSA) is 64.2 Å². The Hall–Kier alpha value is -3.20. The Kier molecular flexibility index (Phi) is 7.60. The summed E-state index contributed by atoms with van der Waals surface area (Å²) in [6, 6.07) is 25.2. The van der Waals surface area contributed by atoms with E-state index in [4.69, 9.17) is 0 Å². The van der Waals surface area contributed by atoms with Crippen molar-refractivity contribution in [1.82, 2.24) is 14.1 Å². The Bertz CT molecular complexity index is 1300. The summed E-state index contributed by atoms with van der Waals surface area (Å²) in [4.78, 5) is 19.9. The average Bonchev–Trinajstić information content (AvgIpc) is 2.94. The molecule has 0 radical (unpaired) electrons. The van der Waals surface area contributed by atoms with Gasteiger partial charge in [0, 0.05) is 70.2 Å². The fraction of sp³-hybridized carbons (Fsp3) is 0.345. The standard InChI is InChI=1S/C29H34N4O3S/c1-24-7-13-28(14-8-24)37(35,36)33-21-15-30(16-22-33)23-25-9-11-26(12-10-25)29(34)32-19-17-31(18-20-32)27-5-3-2-4-6-27/h2-14H,15-23H2,1H3. The monoisotopic (exact) mass is 518 g/mol. The SMILES string of the molecule is Cc1ccc(S(=O)(=O)N2CCN(Cc3ccc(C(=O)N4CCN(c5ccccc5)CC4)cc3)CC2)cc1. The molecule has 2 aliphatic heterocycles. The zero-order chi connectivity index (χ0) is 25.8. The van der Waals surface area contributed by atoms with Gasteiger partial charge >= 0.3 is 0 Å². The van der Waals surface area contributed by atoms with Gasteiger partial charge in [-0.15, -0.1) is 0 Å². The van der Waals surface area contributed by atoms with Crippen molar-refractivity contribution in [3.63, 3.8) is 0 Å². The lowest BCUT2D eigenvalue weighted by molar-refractivity contribution is 0.0746. The summed E-state index contributed by atoms with van der Waals surface area (Å²) < 4.78 is 27.5. The van der Waals surface area contributed by atoms with Crippen molar-refractivity contribution in [2.24, 2.45) is 0 Å². The second-order valence-electron chi connectivity index (χ2n) is 9.81. The van der Waals surface area contributed by atoms with Gasteiger partial charge in [0.2, 0.25) is 10.0 Å². The van der Waals surface area contributed by atoms with E-state index < -0.39 is 10.0 Å². The quantitative estimate of drug-likeness (QED) is 0.500. The second kappa shape index (κ2) is 11.0. The lowest BCUT2D eigenvalue weighted by atomic mass is 10.1. The maximum absolute atomic E-state index is 13.0. The first kappa shape index (κ1) is 25.4. The minimum Gasteiger partial charge on any atom is -0.368 e. The molecule has 0 saturated carbocycles. The molecule has 0 atom stereocenters. The van der Waals surface area contributed by atoms with Gasteiger partial charge in [-0.1, -0.05) is 48.0 Å². The lowest BCUT2D eigenvalue weighted by Crippen LogP contribution is -2.48. The molecule has 2 saturated heterocycles. The summed E-state index contributed by atoms with van der Waals surface area (Å²) in [5.41, 5.74) is 4.08. The summed E-state index contributed by atoms with van der Waals surface area (Å²) in [5, 5.41) is 0. The molecule has 0 aromatic heterocycles. The summed E-state index contributed by atoms with van der Waals surface area (Å²) in [7, 11) is -3.46. The average molecular weight is 519 g/mol. The van der Waals surface area contributed by atoms with Crippen LogP contribution in [0.3, 0.4) is 0 Å². The molecule has 0 bridgehead atoms. The second-order valence-corrected chi connectivity index (χ2v) is 11.7. The molecule has 0 spiro atoms. The van der Waals surface area contributed by atoms with Crippen LogP contribution in [0.25, 0.3) is 0 Å². The van der Waals surface area contributed by atoms with Crippen LogP contribution in [0, 0.1) is 6.92 Å². The molecule has 0 unspecified atom stereocenters. The third-order valence-corrected chi connectivity index (χ3v) is 9.20. The molecule has 2 fully saturated rings. The molecule has 3 aromatic rings. The zero-order valence-corrected chi connectivity index (χ0v) is 22.1. The molecule has 8 heteroatoms. The van der Waals surface area contributed by atoms with Crippen LogP contribution in [0.4, 0.5) is 5.69 Å². The Morgan fingerprint density at radius 2 is 1.35 bits per heavy atom. The van der Waals surface area contributed by atoms with Crippen molar-refractivity contribution in [3.05, 3.63) is 95.6 Å². The number of aryl methyl sites for hydroxylation is 1. The summed E-state index contributed by atoms with van der Waals surface area (Å²) in [5.74, 6) is 0.0780. The fourth-order valence-corrected chi connectivity index (χ4v) is 6.41. The van der Waals surface area contributed by atoms with E-state index in [9.17, 15) is 13.2 Å². The van der Waals surface area contributed by atoms with Crippen LogP contribution in [0.1, 0.15) is 21.5 Å². The third kappa shape index (κ3) is 5.87. The number of amides is 1. The number of piperazine rings is 2. The van der Waals surface area contributed by atoms with Crippen LogP contribution in [-0.2, 0) is 16.6 Å². The maximum atomic E-state index is 13.0. The zero-order valence-electron chi connectivity index (χ0n) is 21.3. The summed E-state index contributed by atoms with van der Waals surface area (Å²) >= 11 is 0. The molecule has 37 heavy (non-hydrogen) atoms. The largest absolute Gasteiger partial charge is 0.368 e. The van der Waals surface area contributed by atoms with Crippen molar-refractivity contribution in [1.29, 1.82) is 0 Å². The van der Waals surface area contributed by atoms with Gasteiger partial charge in [0.25, 0.3) is 5.91 Å². The number of hydrogen-bond acceptors (Lipinski definition) is 5. The first-order chi connectivity index (χ1) is 17.9. The van der Waals surface area contributed by atoms with Crippen molar-refractivity contribution in [3.8, 4) is 0 Å². The van der Waals surface area contributed by atoms with Gasteiger partial charge in [-0.25, -0.2) is 8.42 Å². The van der Waals surface area contributed by atoms with Crippen molar-refractivity contribution < 1.29 is 13.2 Å². The van der Waals surface area contributed by atoms with Crippen LogP contribution < -0.4 is 4.90 Å². The Balaban J connectivity index is 1.11. The fourth-order valence-electron chi connectivity index (χ4n) is 4.99. The molecule has 1 amide bonds. The first-order valence-electron chi connectivity index (χ1n) is 12.9. The molecule has 5 rings (SSSR count). The van der Waals surface area contributed by atoms with Gasteiger partial charge in [-0.05, 0) is 48.9 Å². The highest BCUT2D eigenvalue weighted by Crippen LogP contribution is 2.20. The number of anilines is 1. The van der Waals surface area contributed by atoms with Gasteiger partial charge < -0.3 is 9.80 Å². The minimum atomic E-state index is -3.46. The third-order valence-electron chi connectivity index (χ3n) is 7.29. The highest BCUT2D eigenvalue weighted by Gasteiger charge is 2.28. The Morgan fingerprint density at radius 3 is 1.97 bits per heavy atom. The number of nitrogens with zero attached hydrogens (tertiary/aromatic N) is 4. The van der Waals surface area contributed by atoms with Crippen molar-refractivity contribution in [2.75, 3.05) is 57.3 Å². The summed E-state index contributed by atoms with van der Waals surface area (Å²) in [6.45, 7) is 8.08. The van der Waals surface area contributed by atoms with E-state index >= 15 is 0 Å². The Morgan fingerprint density at radius 1 is 0.730 bits per heavy atom. The van der Waals surface area contributed by atoms with E-state index in [1.807, 2.05) is 66.4 Å². The highest BCUT2D eigenvalue weighted by atomic mass is 32.2. The van der Waals surface area contributed by atoms with Gasteiger partial charge in [-0.3, -0.25) is 9.69 Å². The first-order valence-corrected chi connectivity index (χ1v) is 14.3. The number of para-hydroxylation sites is 1. The van der Waals surface area contributed by atoms with Crippen molar-refractivity contribution in [2.45, 2.75) is 18.4 Å². The predicted molar refractivity (Wildman–Crippen MR) is 146 cm³/mol. The van der Waals surface area contributed by atoms with Gasteiger partial charge in [0.15, 0.2) is 0 Å². The maximum Gasteiger partial charge on any atom is 0.253 e. The molecule has 0 aliphatic carbocycles. The summed E-state index contributed by atoms with van der Waals surface area (Å²) in [6.07, 6.45) is 0. The van der Waals surface area contributed by atoms with E-state index in [0.717, 1.165) is 30.8 Å². The number of carbonyl (C=O) groups is 1. The number of sulfonamides is 1. The normalized spacial score (nSPS) is 17.6. The van der Waals surface area contributed by atoms with Crippen LogP contribution in [-0.4, -0.2) is 80.8 Å². The molecule has 2 aliphatic rings. The molecule has 194 valence electrons. The number of rotatable bonds is 6. The molecule has 0 N–H and O–H groups in total. The molecule has 3 aromatic carbocycles. The van der Waals surface area contributed by atoms with Crippen LogP contribution >= 0.6 is 0 Å². The minimum absolute atomic E-state index is 0.0780. The van der Waals surface area contributed by atoms with E-state index in [1.54, 1.807) is 16.4 Å². The smallest absolute Gasteiger partial charge is 0.253 e. The van der Waals surface area contributed by atoms with E-state index in [0.29, 0.717) is 49.7 Å². The molecule has 2 heterocycles. The van der Waals surface area contributed by atoms with Crippen LogP contribution in [0.5, 0.6) is 0 Å². The Labute approximate surface area is 220 Å². The van der Waals surface area contributed by atoms with Crippen molar-refractivity contribution >= 4 is 21.6 Å². The van der Waals surface area contributed by atoms with E-state index in [-0.39, 0.29) is 5.91 Å². The van der Waals surface area contributed by atoms with E-state index in [1.165, 1.54) is 5.69 Å². The van der Waals surface area contributed by atoms with Gasteiger partial charge in [0.1, 0.15) is 0 Å². The highest BCUT2D eigenvalue weighted by molar-refractivity contribution is 7.89. The number of hydrogen-bond donors (Lipinski definition) is 0. The molecule has 7 nitrogen and oxygen atoms in total. The number of benzene rings is 3. The van der Waals surface area contributed by atoms with E-state index in [2.05, 4.69) is 21.9 Å². The molecular formula is C29H34N4O3S. The number of carbonyl (C=O) groups excluding carboxylic acids is 1. The van der Waals surface area contributed by atoms with Gasteiger partial charge in [0.05, 0.1) is 4.90 Å². The van der Waals surface area contributed by atoms with Crippen LogP contribution in [0.2, 0.25) is 0 Å². The lowest BCUT2D eigenvalue weighted by Gasteiger charge is -2.36. The molecular weight excluding hydrogens is 484 g/mol. The van der Waals surface area contributed by atoms with Gasteiger partial charge in [-0.2, -0.15) is 4.31 Å².